The number of carboxylic acids is 1. The maximum absolute atomic E-state index is 10.2. The first-order valence-electron chi connectivity index (χ1n) is 3.04. The lowest BCUT2D eigenvalue weighted by molar-refractivity contribution is -0.136. The Kier molecular flexibility index (Phi) is 5.63. The van der Waals surface area contributed by atoms with E-state index in [0.29, 0.717) is 13.0 Å². The lowest BCUT2D eigenvalue weighted by Gasteiger charge is -2.01. The van der Waals surface area contributed by atoms with Crippen molar-refractivity contribution in [2.24, 2.45) is 0 Å². The fourth-order valence-corrected chi connectivity index (χ4v) is 0.854. The van der Waals surface area contributed by atoms with E-state index in [1.54, 1.807) is 7.11 Å². The van der Waals surface area contributed by atoms with Gasteiger partial charge in [-0.1, -0.05) is 15.9 Å². The summed E-state index contributed by atoms with van der Waals surface area (Å²) in [5.74, 6) is -0.809. The van der Waals surface area contributed by atoms with Gasteiger partial charge in [0.2, 0.25) is 0 Å². The molecule has 0 radical (unpaired) electrons. The van der Waals surface area contributed by atoms with Gasteiger partial charge < -0.3 is 9.84 Å². The van der Waals surface area contributed by atoms with E-state index in [0.717, 1.165) is 6.42 Å². The SMILES string of the molecule is COCCCC(Br)C(=O)O. The Bertz CT molecular complexity index is 105. The van der Waals surface area contributed by atoms with Crippen LogP contribution in [0.5, 0.6) is 0 Å². The monoisotopic (exact) mass is 210 g/mol. The normalized spacial score (nSPS) is 13.0. The second-order valence-corrected chi connectivity index (χ2v) is 3.05. The Labute approximate surface area is 68.5 Å². The standard InChI is InChI=1S/C6H11BrO3/c1-10-4-2-3-5(7)6(8)9/h5H,2-4H2,1H3,(H,8,9). The largest absolute Gasteiger partial charge is 0.480 e. The van der Waals surface area contributed by atoms with Gasteiger partial charge in [0.25, 0.3) is 0 Å². The van der Waals surface area contributed by atoms with Crippen LogP contribution in [-0.4, -0.2) is 29.6 Å². The van der Waals surface area contributed by atoms with Crippen LogP contribution in [0.15, 0.2) is 0 Å². The van der Waals surface area contributed by atoms with E-state index in [1.807, 2.05) is 0 Å². The van der Waals surface area contributed by atoms with Crippen LogP contribution < -0.4 is 0 Å². The quantitative estimate of drug-likeness (QED) is 0.550. The van der Waals surface area contributed by atoms with Crippen LogP contribution in [0.3, 0.4) is 0 Å². The van der Waals surface area contributed by atoms with Crippen molar-refractivity contribution in [3.05, 3.63) is 0 Å². The van der Waals surface area contributed by atoms with Gasteiger partial charge in [0, 0.05) is 13.7 Å². The summed E-state index contributed by atoms with van der Waals surface area (Å²) in [6, 6.07) is 0. The summed E-state index contributed by atoms with van der Waals surface area (Å²) in [6.07, 6.45) is 1.39. The molecule has 0 saturated heterocycles. The molecule has 0 aliphatic carbocycles. The molecule has 0 heterocycles. The predicted molar refractivity (Wildman–Crippen MR) is 41.5 cm³/mol. The number of alkyl halides is 1. The minimum absolute atomic E-state index is 0.428. The molecule has 0 spiro atoms. The molecule has 0 rings (SSSR count). The number of ether oxygens (including phenoxy) is 1. The molecule has 1 N–H and O–H groups in total. The number of hydrogen-bond donors (Lipinski definition) is 1. The molecule has 0 aromatic rings. The molecule has 0 aliphatic rings. The number of hydrogen-bond acceptors (Lipinski definition) is 2. The van der Waals surface area contributed by atoms with E-state index in [4.69, 9.17) is 9.84 Å². The Balaban J connectivity index is 3.21. The lowest BCUT2D eigenvalue weighted by Crippen LogP contribution is -2.12. The molecule has 0 fully saturated rings. The van der Waals surface area contributed by atoms with Gasteiger partial charge in [-0.05, 0) is 12.8 Å². The molecule has 0 amide bonds. The zero-order valence-electron chi connectivity index (χ0n) is 5.84. The van der Waals surface area contributed by atoms with Gasteiger partial charge >= 0.3 is 5.97 Å². The van der Waals surface area contributed by atoms with Gasteiger partial charge in [-0.3, -0.25) is 4.79 Å². The molecule has 1 unspecified atom stereocenters. The van der Waals surface area contributed by atoms with Crippen LogP contribution in [0, 0.1) is 0 Å². The fraction of sp³-hybridized carbons (Fsp3) is 0.833. The zero-order chi connectivity index (χ0) is 7.98. The number of halogens is 1. The second-order valence-electron chi connectivity index (χ2n) is 1.94. The summed E-state index contributed by atoms with van der Waals surface area (Å²) in [4.78, 5) is 9.78. The predicted octanol–water partition coefficient (Wildman–Crippen LogP) is 1.26. The topological polar surface area (TPSA) is 46.5 Å². The average Bonchev–Trinajstić information content (AvgIpc) is 1.88. The van der Waals surface area contributed by atoms with E-state index < -0.39 is 10.8 Å². The number of carbonyl (C=O) groups is 1. The first kappa shape index (κ1) is 9.91. The van der Waals surface area contributed by atoms with Gasteiger partial charge in [-0.15, -0.1) is 0 Å². The van der Waals surface area contributed by atoms with Crippen molar-refractivity contribution >= 4 is 21.9 Å². The number of carboxylic acid groups (broad SMARTS) is 1. The van der Waals surface area contributed by atoms with Crippen molar-refractivity contribution in [3.8, 4) is 0 Å². The van der Waals surface area contributed by atoms with Crippen molar-refractivity contribution < 1.29 is 14.6 Å². The Morgan fingerprint density at radius 2 is 2.40 bits per heavy atom. The van der Waals surface area contributed by atoms with Gasteiger partial charge in [0.15, 0.2) is 0 Å². The van der Waals surface area contributed by atoms with Crippen molar-refractivity contribution in [1.29, 1.82) is 0 Å². The van der Waals surface area contributed by atoms with Crippen molar-refractivity contribution in [1.82, 2.24) is 0 Å². The Hall–Kier alpha value is -0.0900. The van der Waals surface area contributed by atoms with E-state index in [-0.39, 0.29) is 0 Å². The van der Waals surface area contributed by atoms with Crippen LogP contribution in [0.4, 0.5) is 0 Å². The third kappa shape index (κ3) is 4.76. The van der Waals surface area contributed by atoms with Crippen molar-refractivity contribution in [2.75, 3.05) is 13.7 Å². The Morgan fingerprint density at radius 1 is 1.80 bits per heavy atom. The van der Waals surface area contributed by atoms with Gasteiger partial charge in [-0.25, -0.2) is 0 Å². The molecule has 0 aromatic heterocycles. The molecular formula is C6H11BrO3. The summed E-state index contributed by atoms with van der Waals surface area (Å²) in [5, 5.41) is 8.39. The third-order valence-corrected chi connectivity index (χ3v) is 1.92. The summed E-state index contributed by atoms with van der Waals surface area (Å²) in [5.41, 5.74) is 0. The summed E-state index contributed by atoms with van der Waals surface area (Å²) >= 11 is 3.02. The molecule has 3 nitrogen and oxygen atoms in total. The number of aliphatic carboxylic acids is 1. The average molecular weight is 211 g/mol. The van der Waals surface area contributed by atoms with Crippen LogP contribution in [-0.2, 0) is 9.53 Å². The highest BCUT2D eigenvalue weighted by atomic mass is 79.9. The zero-order valence-corrected chi connectivity index (χ0v) is 7.43. The smallest absolute Gasteiger partial charge is 0.317 e. The highest BCUT2D eigenvalue weighted by Crippen LogP contribution is 2.07. The second kappa shape index (κ2) is 5.68. The van der Waals surface area contributed by atoms with Crippen molar-refractivity contribution in [2.45, 2.75) is 17.7 Å². The van der Waals surface area contributed by atoms with E-state index >= 15 is 0 Å². The van der Waals surface area contributed by atoms with Crippen LogP contribution in [0.25, 0.3) is 0 Å². The molecule has 4 heteroatoms. The van der Waals surface area contributed by atoms with Crippen LogP contribution in [0.1, 0.15) is 12.8 Å². The van der Waals surface area contributed by atoms with E-state index in [2.05, 4.69) is 15.9 Å². The summed E-state index contributed by atoms with van der Waals surface area (Å²) in [6.45, 7) is 0.620. The minimum atomic E-state index is -0.809. The molecular weight excluding hydrogens is 200 g/mol. The maximum atomic E-state index is 10.2. The number of methoxy groups -OCH3 is 1. The first-order valence-corrected chi connectivity index (χ1v) is 3.96. The number of rotatable bonds is 5. The summed E-state index contributed by atoms with van der Waals surface area (Å²) in [7, 11) is 1.60. The summed E-state index contributed by atoms with van der Waals surface area (Å²) < 4.78 is 4.76. The van der Waals surface area contributed by atoms with Gasteiger partial charge in [0.1, 0.15) is 4.83 Å². The molecule has 1 atom stereocenters. The van der Waals surface area contributed by atoms with Crippen LogP contribution >= 0.6 is 15.9 Å². The molecule has 10 heavy (non-hydrogen) atoms. The molecule has 0 aliphatic heterocycles. The Morgan fingerprint density at radius 3 is 2.80 bits per heavy atom. The minimum Gasteiger partial charge on any atom is -0.480 e. The highest BCUT2D eigenvalue weighted by molar-refractivity contribution is 9.10. The first-order chi connectivity index (χ1) is 4.68. The maximum Gasteiger partial charge on any atom is 0.317 e. The third-order valence-electron chi connectivity index (χ3n) is 1.07. The molecule has 0 saturated carbocycles. The van der Waals surface area contributed by atoms with E-state index in [1.165, 1.54) is 0 Å². The lowest BCUT2D eigenvalue weighted by atomic mass is 10.2. The molecule has 0 aromatic carbocycles. The van der Waals surface area contributed by atoms with E-state index in [9.17, 15) is 4.79 Å². The van der Waals surface area contributed by atoms with Crippen LogP contribution in [0.2, 0.25) is 0 Å². The highest BCUT2D eigenvalue weighted by Gasteiger charge is 2.11. The van der Waals surface area contributed by atoms with Gasteiger partial charge in [-0.2, -0.15) is 0 Å². The van der Waals surface area contributed by atoms with Gasteiger partial charge in [0.05, 0.1) is 0 Å². The molecule has 0 bridgehead atoms. The fourth-order valence-electron chi connectivity index (χ4n) is 0.530. The van der Waals surface area contributed by atoms with Crippen molar-refractivity contribution in [3.63, 3.8) is 0 Å². The molecule has 60 valence electrons.